The predicted molar refractivity (Wildman–Crippen MR) is 106 cm³/mol. The number of para-hydroxylation sites is 1. The molecular weight excluding hydrogens is 356 g/mol. The zero-order valence-corrected chi connectivity index (χ0v) is 16.3. The van der Waals surface area contributed by atoms with Crippen LogP contribution in [0.5, 0.6) is 5.75 Å². The summed E-state index contributed by atoms with van der Waals surface area (Å²) in [5.41, 5.74) is 2.42. The van der Waals surface area contributed by atoms with Gasteiger partial charge in [-0.1, -0.05) is 36.4 Å². The molecule has 0 fully saturated rings. The van der Waals surface area contributed by atoms with Crippen molar-refractivity contribution in [2.24, 2.45) is 0 Å². The molecule has 0 radical (unpaired) electrons. The van der Waals surface area contributed by atoms with E-state index in [-0.39, 0.29) is 5.91 Å². The lowest BCUT2D eigenvalue weighted by Gasteiger charge is -2.15. The first-order chi connectivity index (χ1) is 13.6. The van der Waals surface area contributed by atoms with E-state index < -0.39 is 6.10 Å². The van der Waals surface area contributed by atoms with Crippen molar-refractivity contribution in [3.05, 3.63) is 65.2 Å². The molecule has 0 aromatic heterocycles. The highest BCUT2D eigenvalue weighted by molar-refractivity contribution is 5.80. The quantitative estimate of drug-likeness (QED) is 0.604. The maximum atomic E-state index is 12.3. The van der Waals surface area contributed by atoms with Gasteiger partial charge in [-0.3, -0.25) is 4.79 Å². The molecule has 0 aliphatic heterocycles. The SMILES string of the molecule is CCOCCOCc1cccc(CNC(=O)C(C)Oc2ccccc2C#N)c1. The summed E-state index contributed by atoms with van der Waals surface area (Å²) in [5, 5.41) is 12.0. The summed E-state index contributed by atoms with van der Waals surface area (Å²) >= 11 is 0. The first-order valence-corrected chi connectivity index (χ1v) is 9.30. The number of nitriles is 1. The second-order valence-corrected chi connectivity index (χ2v) is 6.16. The minimum Gasteiger partial charge on any atom is -0.480 e. The van der Waals surface area contributed by atoms with Crippen LogP contribution in [0.25, 0.3) is 0 Å². The van der Waals surface area contributed by atoms with E-state index in [0.29, 0.717) is 44.3 Å². The van der Waals surface area contributed by atoms with E-state index in [9.17, 15) is 4.79 Å². The van der Waals surface area contributed by atoms with Crippen LogP contribution >= 0.6 is 0 Å². The molecule has 1 N–H and O–H groups in total. The minimum absolute atomic E-state index is 0.244. The van der Waals surface area contributed by atoms with Crippen molar-refractivity contribution in [1.29, 1.82) is 5.26 Å². The molecule has 0 spiro atoms. The molecule has 0 bridgehead atoms. The van der Waals surface area contributed by atoms with E-state index in [4.69, 9.17) is 19.5 Å². The topological polar surface area (TPSA) is 80.6 Å². The first-order valence-electron chi connectivity index (χ1n) is 9.30. The molecule has 0 saturated heterocycles. The molecule has 6 heteroatoms. The fraction of sp³-hybridized carbons (Fsp3) is 0.364. The van der Waals surface area contributed by atoms with Crippen LogP contribution in [0.3, 0.4) is 0 Å². The zero-order valence-electron chi connectivity index (χ0n) is 16.3. The number of hydrogen-bond acceptors (Lipinski definition) is 5. The molecule has 2 aromatic carbocycles. The third-order valence-corrected chi connectivity index (χ3v) is 3.98. The summed E-state index contributed by atoms with van der Waals surface area (Å²) in [6.45, 7) is 6.31. The number of rotatable bonds is 11. The van der Waals surface area contributed by atoms with Gasteiger partial charge in [0.15, 0.2) is 6.10 Å². The van der Waals surface area contributed by atoms with Crippen LogP contribution in [0, 0.1) is 11.3 Å². The Morgan fingerprint density at radius 1 is 1.11 bits per heavy atom. The van der Waals surface area contributed by atoms with Crippen molar-refractivity contribution >= 4 is 5.91 Å². The van der Waals surface area contributed by atoms with Gasteiger partial charge in [-0.2, -0.15) is 5.26 Å². The fourth-order valence-electron chi connectivity index (χ4n) is 2.52. The summed E-state index contributed by atoms with van der Waals surface area (Å²) in [4.78, 5) is 12.3. The number of benzene rings is 2. The van der Waals surface area contributed by atoms with Gasteiger partial charge in [0.05, 0.1) is 25.4 Å². The molecule has 148 valence electrons. The Bertz CT molecular complexity index is 801. The Kier molecular flexibility index (Phi) is 8.99. The van der Waals surface area contributed by atoms with Crippen LogP contribution in [0.15, 0.2) is 48.5 Å². The Morgan fingerprint density at radius 2 is 1.86 bits per heavy atom. The molecule has 1 unspecified atom stereocenters. The van der Waals surface area contributed by atoms with Crippen molar-refractivity contribution in [2.45, 2.75) is 33.1 Å². The van der Waals surface area contributed by atoms with Gasteiger partial charge in [-0.05, 0) is 37.1 Å². The average Bonchev–Trinajstić information content (AvgIpc) is 2.72. The van der Waals surface area contributed by atoms with E-state index in [1.54, 1.807) is 31.2 Å². The first kappa shape index (κ1) is 21.4. The highest BCUT2D eigenvalue weighted by Gasteiger charge is 2.16. The zero-order chi connectivity index (χ0) is 20.2. The second-order valence-electron chi connectivity index (χ2n) is 6.16. The largest absolute Gasteiger partial charge is 0.480 e. The highest BCUT2D eigenvalue weighted by Crippen LogP contribution is 2.18. The van der Waals surface area contributed by atoms with Crippen LogP contribution in [0.4, 0.5) is 0 Å². The van der Waals surface area contributed by atoms with E-state index in [1.165, 1.54) is 0 Å². The van der Waals surface area contributed by atoms with Crippen molar-refractivity contribution in [2.75, 3.05) is 19.8 Å². The normalized spacial score (nSPS) is 11.5. The number of nitrogens with one attached hydrogen (secondary N) is 1. The molecule has 0 aliphatic rings. The third kappa shape index (κ3) is 7.03. The molecule has 0 heterocycles. The number of hydrogen-bond donors (Lipinski definition) is 1. The predicted octanol–water partition coefficient (Wildman–Crippen LogP) is 3.20. The van der Waals surface area contributed by atoms with Crippen LogP contribution < -0.4 is 10.1 Å². The highest BCUT2D eigenvalue weighted by atomic mass is 16.5. The minimum atomic E-state index is -0.709. The second kappa shape index (κ2) is 11.8. The van der Waals surface area contributed by atoms with E-state index in [0.717, 1.165) is 11.1 Å². The van der Waals surface area contributed by atoms with Gasteiger partial charge >= 0.3 is 0 Å². The lowest BCUT2D eigenvalue weighted by molar-refractivity contribution is -0.127. The summed E-state index contributed by atoms with van der Waals surface area (Å²) in [5.74, 6) is 0.157. The monoisotopic (exact) mass is 382 g/mol. The van der Waals surface area contributed by atoms with Crippen LogP contribution in [0.2, 0.25) is 0 Å². The number of ether oxygens (including phenoxy) is 3. The molecule has 1 atom stereocenters. The van der Waals surface area contributed by atoms with Gasteiger partial charge in [0.1, 0.15) is 11.8 Å². The average molecular weight is 382 g/mol. The van der Waals surface area contributed by atoms with Gasteiger partial charge in [0.25, 0.3) is 5.91 Å². The Hall–Kier alpha value is -2.88. The molecule has 0 saturated carbocycles. The van der Waals surface area contributed by atoms with Crippen LogP contribution in [0.1, 0.15) is 30.5 Å². The summed E-state index contributed by atoms with van der Waals surface area (Å²) in [7, 11) is 0. The maximum Gasteiger partial charge on any atom is 0.261 e. The third-order valence-electron chi connectivity index (χ3n) is 3.98. The van der Waals surface area contributed by atoms with Crippen LogP contribution in [-0.4, -0.2) is 31.8 Å². The van der Waals surface area contributed by atoms with E-state index >= 15 is 0 Å². The van der Waals surface area contributed by atoms with Gasteiger partial charge in [-0.25, -0.2) is 0 Å². The maximum absolute atomic E-state index is 12.3. The van der Waals surface area contributed by atoms with Gasteiger partial charge in [0, 0.05) is 13.2 Å². The summed E-state index contributed by atoms with van der Waals surface area (Å²) in [6.07, 6.45) is -0.709. The van der Waals surface area contributed by atoms with Crippen LogP contribution in [-0.2, 0) is 27.4 Å². The fourth-order valence-corrected chi connectivity index (χ4v) is 2.52. The lowest BCUT2D eigenvalue weighted by Crippen LogP contribution is -2.36. The molecule has 2 aromatic rings. The standard InChI is InChI=1S/C22H26N2O4/c1-3-26-11-12-27-16-19-8-6-7-18(13-19)15-24-22(25)17(2)28-21-10-5-4-9-20(21)14-23/h4-10,13,17H,3,11-12,15-16H2,1-2H3,(H,24,25). The molecule has 1 amide bonds. The van der Waals surface area contributed by atoms with Gasteiger partial charge in [-0.15, -0.1) is 0 Å². The van der Waals surface area contributed by atoms with E-state index in [1.807, 2.05) is 31.2 Å². The molecule has 0 aliphatic carbocycles. The summed E-state index contributed by atoms with van der Waals surface area (Å²) in [6, 6.07) is 16.8. The Labute approximate surface area is 166 Å². The molecule has 2 rings (SSSR count). The van der Waals surface area contributed by atoms with Crippen molar-refractivity contribution < 1.29 is 19.0 Å². The number of carbonyl (C=O) groups excluding carboxylic acids is 1. The smallest absolute Gasteiger partial charge is 0.261 e. The van der Waals surface area contributed by atoms with Gasteiger partial charge < -0.3 is 19.5 Å². The van der Waals surface area contributed by atoms with Crippen molar-refractivity contribution in [3.8, 4) is 11.8 Å². The van der Waals surface area contributed by atoms with Crippen molar-refractivity contribution in [1.82, 2.24) is 5.32 Å². The van der Waals surface area contributed by atoms with E-state index in [2.05, 4.69) is 11.4 Å². The Morgan fingerprint density at radius 3 is 2.64 bits per heavy atom. The van der Waals surface area contributed by atoms with Crippen molar-refractivity contribution in [3.63, 3.8) is 0 Å². The molecule has 28 heavy (non-hydrogen) atoms. The number of nitrogens with zero attached hydrogens (tertiary/aromatic N) is 1. The Balaban J connectivity index is 1.81. The number of carbonyl (C=O) groups is 1. The van der Waals surface area contributed by atoms with Gasteiger partial charge in [0.2, 0.25) is 0 Å². The lowest BCUT2D eigenvalue weighted by atomic mass is 10.1. The molecule has 6 nitrogen and oxygen atoms in total. The summed E-state index contributed by atoms with van der Waals surface area (Å²) < 4.78 is 16.4. The molecular formula is C22H26N2O4. The number of amides is 1.